The van der Waals surface area contributed by atoms with Crippen LogP contribution in [0.2, 0.25) is 0 Å². The second-order valence-corrected chi connectivity index (χ2v) is 5.64. The molecule has 8 heteroatoms. The molecule has 8 nitrogen and oxygen atoms in total. The zero-order valence-corrected chi connectivity index (χ0v) is 14.4. The smallest absolute Gasteiger partial charge is 0.324 e. The standard InChI is InChI=1S/C17H23N3O5/c1-24-10-8-18-15(21)11-14-16(22)20(17(23)19-14)9-7-12-3-5-13(25-2)6-4-12/h3-6,14H,7-11H2,1-2H3,(H,18,21)(H,19,23)/t14-/m0/s1. The van der Waals surface area contributed by atoms with E-state index < -0.39 is 12.1 Å². The predicted octanol–water partition coefficient (Wildman–Crippen LogP) is 0.311. The largest absolute Gasteiger partial charge is 0.497 e. The Morgan fingerprint density at radius 3 is 2.60 bits per heavy atom. The van der Waals surface area contributed by atoms with Crippen LogP contribution in [-0.2, 0) is 20.7 Å². The number of imide groups is 1. The van der Waals surface area contributed by atoms with Gasteiger partial charge in [0.15, 0.2) is 0 Å². The number of hydrogen-bond donors (Lipinski definition) is 2. The molecule has 0 aliphatic carbocycles. The van der Waals surface area contributed by atoms with Gasteiger partial charge in [-0.05, 0) is 24.1 Å². The number of nitrogens with zero attached hydrogens (tertiary/aromatic N) is 1. The number of nitrogens with one attached hydrogen (secondary N) is 2. The summed E-state index contributed by atoms with van der Waals surface area (Å²) in [5, 5.41) is 5.19. The highest BCUT2D eigenvalue weighted by Crippen LogP contribution is 2.14. The van der Waals surface area contributed by atoms with E-state index in [-0.39, 0.29) is 24.8 Å². The number of hydrogen-bond acceptors (Lipinski definition) is 5. The van der Waals surface area contributed by atoms with Gasteiger partial charge in [0.25, 0.3) is 5.91 Å². The normalized spacial score (nSPS) is 16.7. The van der Waals surface area contributed by atoms with Crippen LogP contribution >= 0.6 is 0 Å². The number of benzene rings is 1. The highest BCUT2D eigenvalue weighted by molar-refractivity contribution is 6.05. The molecule has 1 aliphatic rings. The Morgan fingerprint density at radius 1 is 1.24 bits per heavy atom. The number of ether oxygens (including phenoxy) is 2. The molecule has 25 heavy (non-hydrogen) atoms. The Balaban J connectivity index is 1.84. The summed E-state index contributed by atoms with van der Waals surface area (Å²) in [6.45, 7) is 1.02. The van der Waals surface area contributed by atoms with Gasteiger partial charge in [-0.1, -0.05) is 12.1 Å². The van der Waals surface area contributed by atoms with Crippen molar-refractivity contribution in [3.8, 4) is 5.75 Å². The molecule has 136 valence electrons. The van der Waals surface area contributed by atoms with Gasteiger partial charge in [-0.3, -0.25) is 14.5 Å². The first-order valence-electron chi connectivity index (χ1n) is 8.05. The van der Waals surface area contributed by atoms with Crippen molar-refractivity contribution in [3.05, 3.63) is 29.8 Å². The molecule has 0 unspecified atom stereocenters. The van der Waals surface area contributed by atoms with Gasteiger partial charge in [-0.15, -0.1) is 0 Å². The fourth-order valence-corrected chi connectivity index (χ4v) is 2.51. The van der Waals surface area contributed by atoms with Gasteiger partial charge in [0.2, 0.25) is 5.91 Å². The van der Waals surface area contributed by atoms with E-state index in [0.717, 1.165) is 16.2 Å². The van der Waals surface area contributed by atoms with Crippen molar-refractivity contribution in [3.63, 3.8) is 0 Å². The zero-order chi connectivity index (χ0) is 18.2. The van der Waals surface area contributed by atoms with Gasteiger partial charge >= 0.3 is 6.03 Å². The van der Waals surface area contributed by atoms with E-state index in [2.05, 4.69) is 10.6 Å². The monoisotopic (exact) mass is 349 g/mol. The van der Waals surface area contributed by atoms with Crippen molar-refractivity contribution < 1.29 is 23.9 Å². The summed E-state index contributed by atoms with van der Waals surface area (Å²) in [5.41, 5.74) is 0.988. The first-order valence-corrected chi connectivity index (χ1v) is 8.05. The van der Waals surface area contributed by atoms with E-state index in [1.807, 2.05) is 24.3 Å². The highest BCUT2D eigenvalue weighted by atomic mass is 16.5. The maximum atomic E-state index is 12.3. The van der Waals surface area contributed by atoms with Crippen LogP contribution in [0.3, 0.4) is 0 Å². The Bertz CT molecular complexity index is 617. The molecule has 1 aliphatic heterocycles. The third-order valence-corrected chi connectivity index (χ3v) is 3.91. The lowest BCUT2D eigenvalue weighted by Gasteiger charge is -2.13. The minimum absolute atomic E-state index is 0.0761. The van der Waals surface area contributed by atoms with Gasteiger partial charge in [-0.25, -0.2) is 4.79 Å². The zero-order valence-electron chi connectivity index (χ0n) is 14.4. The minimum Gasteiger partial charge on any atom is -0.497 e. The van der Waals surface area contributed by atoms with E-state index in [1.165, 1.54) is 7.11 Å². The molecule has 0 spiro atoms. The number of amides is 4. The Morgan fingerprint density at radius 2 is 1.96 bits per heavy atom. The highest BCUT2D eigenvalue weighted by Gasteiger charge is 2.38. The number of methoxy groups -OCH3 is 2. The van der Waals surface area contributed by atoms with E-state index in [4.69, 9.17) is 9.47 Å². The van der Waals surface area contributed by atoms with E-state index in [0.29, 0.717) is 19.6 Å². The fraction of sp³-hybridized carbons (Fsp3) is 0.471. The van der Waals surface area contributed by atoms with Crippen LogP contribution in [0.1, 0.15) is 12.0 Å². The Hall–Kier alpha value is -2.61. The number of rotatable bonds is 9. The van der Waals surface area contributed by atoms with Crippen molar-refractivity contribution in [2.45, 2.75) is 18.9 Å². The topological polar surface area (TPSA) is 97.0 Å². The second-order valence-electron chi connectivity index (χ2n) is 5.64. The van der Waals surface area contributed by atoms with Gasteiger partial charge in [-0.2, -0.15) is 0 Å². The van der Waals surface area contributed by atoms with Gasteiger partial charge < -0.3 is 20.1 Å². The lowest BCUT2D eigenvalue weighted by molar-refractivity contribution is -0.130. The molecule has 1 aromatic rings. The van der Waals surface area contributed by atoms with Gasteiger partial charge in [0.05, 0.1) is 20.1 Å². The second kappa shape index (κ2) is 9.03. The summed E-state index contributed by atoms with van der Waals surface area (Å²) >= 11 is 0. The fourth-order valence-electron chi connectivity index (χ4n) is 2.51. The molecule has 1 saturated heterocycles. The average molecular weight is 349 g/mol. The van der Waals surface area contributed by atoms with E-state index >= 15 is 0 Å². The van der Waals surface area contributed by atoms with Crippen LogP contribution in [0.4, 0.5) is 4.79 Å². The molecule has 1 aromatic carbocycles. The maximum Gasteiger partial charge on any atom is 0.324 e. The molecule has 4 amide bonds. The molecule has 2 N–H and O–H groups in total. The number of carbonyl (C=O) groups is 3. The Kier molecular flexibility index (Phi) is 6.76. The predicted molar refractivity (Wildman–Crippen MR) is 90.2 cm³/mol. The third-order valence-electron chi connectivity index (χ3n) is 3.91. The van der Waals surface area contributed by atoms with Crippen LogP contribution in [0, 0.1) is 0 Å². The van der Waals surface area contributed by atoms with Crippen LogP contribution in [0.5, 0.6) is 5.75 Å². The van der Waals surface area contributed by atoms with Crippen molar-refractivity contribution in [1.82, 2.24) is 15.5 Å². The molecule has 0 aromatic heterocycles. The molecular weight excluding hydrogens is 326 g/mol. The maximum absolute atomic E-state index is 12.3. The molecule has 1 fully saturated rings. The summed E-state index contributed by atoms with van der Waals surface area (Å²) < 4.78 is 9.93. The van der Waals surface area contributed by atoms with Crippen LogP contribution in [0.15, 0.2) is 24.3 Å². The molecule has 0 radical (unpaired) electrons. The lowest BCUT2D eigenvalue weighted by atomic mass is 10.1. The first kappa shape index (κ1) is 18.7. The van der Waals surface area contributed by atoms with Gasteiger partial charge in [0.1, 0.15) is 11.8 Å². The van der Waals surface area contributed by atoms with Gasteiger partial charge in [0, 0.05) is 20.2 Å². The summed E-state index contributed by atoms with van der Waals surface area (Å²) in [7, 11) is 3.13. The molecular formula is C17H23N3O5. The van der Waals surface area contributed by atoms with Crippen LogP contribution in [0.25, 0.3) is 0 Å². The minimum atomic E-state index is -0.814. The third kappa shape index (κ3) is 5.18. The van der Waals surface area contributed by atoms with E-state index in [9.17, 15) is 14.4 Å². The summed E-state index contributed by atoms with van der Waals surface area (Å²) in [6.07, 6.45) is 0.462. The summed E-state index contributed by atoms with van der Waals surface area (Å²) in [4.78, 5) is 37.2. The van der Waals surface area contributed by atoms with Crippen molar-refractivity contribution in [2.24, 2.45) is 0 Å². The SMILES string of the molecule is COCCNC(=O)C[C@@H]1NC(=O)N(CCc2ccc(OC)cc2)C1=O. The lowest BCUT2D eigenvalue weighted by Crippen LogP contribution is -2.37. The number of urea groups is 1. The molecule has 2 rings (SSSR count). The Labute approximate surface area is 146 Å². The molecule has 0 bridgehead atoms. The molecule has 0 saturated carbocycles. The summed E-state index contributed by atoms with van der Waals surface area (Å²) in [5.74, 6) is 0.0754. The molecule has 1 atom stereocenters. The molecule has 1 heterocycles. The van der Waals surface area contributed by atoms with Crippen molar-refractivity contribution in [2.75, 3.05) is 33.9 Å². The van der Waals surface area contributed by atoms with Crippen molar-refractivity contribution in [1.29, 1.82) is 0 Å². The average Bonchev–Trinajstić information content (AvgIpc) is 2.87. The summed E-state index contributed by atoms with van der Waals surface area (Å²) in [6, 6.07) is 6.15. The quantitative estimate of drug-likeness (QED) is 0.494. The van der Waals surface area contributed by atoms with Crippen molar-refractivity contribution >= 4 is 17.8 Å². The van der Waals surface area contributed by atoms with E-state index in [1.54, 1.807) is 7.11 Å². The van der Waals surface area contributed by atoms with Crippen LogP contribution < -0.4 is 15.4 Å². The first-order chi connectivity index (χ1) is 12.0. The number of carbonyl (C=O) groups excluding carboxylic acids is 3. The van der Waals surface area contributed by atoms with Crippen LogP contribution in [-0.4, -0.2) is 62.7 Å².